The van der Waals surface area contributed by atoms with Crippen molar-refractivity contribution in [1.29, 1.82) is 0 Å². The Morgan fingerprint density at radius 3 is 2.40 bits per heavy atom. The zero-order chi connectivity index (χ0) is 17.6. The molecule has 0 radical (unpaired) electrons. The van der Waals surface area contributed by atoms with E-state index >= 15 is 0 Å². The van der Waals surface area contributed by atoms with E-state index in [9.17, 15) is 4.79 Å². The van der Waals surface area contributed by atoms with Crippen LogP contribution in [0.2, 0.25) is 0 Å². The second-order valence-electron chi connectivity index (χ2n) is 5.75. The lowest BCUT2D eigenvalue weighted by atomic mass is 10.2. The third-order valence-electron chi connectivity index (χ3n) is 3.95. The SMILES string of the molecule is CCc1ncc(C(=O)N(Cc2ccccc2)Cc2scnc2C)cn1. The number of carbonyl (C=O) groups excluding carboxylic acids is 1. The molecule has 0 saturated carbocycles. The van der Waals surface area contributed by atoms with Crippen LogP contribution in [0.1, 0.15) is 39.2 Å². The highest BCUT2D eigenvalue weighted by Crippen LogP contribution is 2.19. The Morgan fingerprint density at radius 1 is 1.08 bits per heavy atom. The Morgan fingerprint density at radius 2 is 1.80 bits per heavy atom. The third-order valence-corrected chi connectivity index (χ3v) is 4.87. The highest BCUT2D eigenvalue weighted by molar-refractivity contribution is 7.09. The number of benzene rings is 1. The van der Waals surface area contributed by atoms with Crippen molar-refractivity contribution in [3.63, 3.8) is 0 Å². The summed E-state index contributed by atoms with van der Waals surface area (Å²) in [7, 11) is 0. The van der Waals surface area contributed by atoms with E-state index in [1.165, 1.54) is 0 Å². The second-order valence-corrected chi connectivity index (χ2v) is 6.69. The van der Waals surface area contributed by atoms with Crippen molar-refractivity contribution in [3.8, 4) is 0 Å². The maximum Gasteiger partial charge on any atom is 0.257 e. The number of nitrogens with zero attached hydrogens (tertiary/aromatic N) is 4. The maximum atomic E-state index is 13.0. The number of aromatic nitrogens is 3. The summed E-state index contributed by atoms with van der Waals surface area (Å²) in [6.45, 7) is 5.02. The second kappa shape index (κ2) is 7.98. The van der Waals surface area contributed by atoms with Crippen molar-refractivity contribution in [2.75, 3.05) is 0 Å². The Balaban J connectivity index is 1.86. The first-order valence-corrected chi connectivity index (χ1v) is 9.08. The van der Waals surface area contributed by atoms with Crippen LogP contribution in [0.25, 0.3) is 0 Å². The minimum Gasteiger partial charge on any atom is -0.329 e. The molecule has 25 heavy (non-hydrogen) atoms. The average Bonchev–Trinajstić information content (AvgIpc) is 3.06. The Labute approximate surface area is 151 Å². The van der Waals surface area contributed by atoms with Gasteiger partial charge in [0, 0.05) is 30.2 Å². The van der Waals surface area contributed by atoms with E-state index in [1.807, 2.05) is 54.6 Å². The molecule has 3 aromatic rings. The van der Waals surface area contributed by atoms with Crippen molar-refractivity contribution in [2.45, 2.75) is 33.4 Å². The normalized spacial score (nSPS) is 10.6. The zero-order valence-electron chi connectivity index (χ0n) is 14.3. The average molecular weight is 352 g/mol. The van der Waals surface area contributed by atoms with E-state index in [1.54, 1.807) is 23.7 Å². The summed E-state index contributed by atoms with van der Waals surface area (Å²) in [5.74, 6) is 0.670. The van der Waals surface area contributed by atoms with Crippen LogP contribution < -0.4 is 0 Å². The Bertz CT molecular complexity index is 830. The van der Waals surface area contributed by atoms with Gasteiger partial charge in [-0.05, 0) is 12.5 Å². The van der Waals surface area contributed by atoms with Gasteiger partial charge in [-0.15, -0.1) is 11.3 Å². The number of aryl methyl sites for hydroxylation is 2. The van der Waals surface area contributed by atoms with Crippen LogP contribution in [-0.2, 0) is 19.5 Å². The molecule has 3 rings (SSSR count). The Hall–Kier alpha value is -2.60. The van der Waals surface area contributed by atoms with Gasteiger partial charge in [0.1, 0.15) is 5.82 Å². The van der Waals surface area contributed by atoms with Gasteiger partial charge in [0.25, 0.3) is 5.91 Å². The van der Waals surface area contributed by atoms with Gasteiger partial charge in [0.05, 0.1) is 23.3 Å². The van der Waals surface area contributed by atoms with E-state index in [2.05, 4.69) is 15.0 Å². The molecule has 2 heterocycles. The number of carbonyl (C=O) groups is 1. The zero-order valence-corrected chi connectivity index (χ0v) is 15.2. The van der Waals surface area contributed by atoms with E-state index in [0.717, 1.165) is 28.4 Å². The summed E-state index contributed by atoms with van der Waals surface area (Å²) in [5.41, 5.74) is 4.38. The van der Waals surface area contributed by atoms with Crippen LogP contribution in [0.3, 0.4) is 0 Å². The topological polar surface area (TPSA) is 59.0 Å². The highest BCUT2D eigenvalue weighted by atomic mass is 32.1. The third kappa shape index (κ3) is 4.28. The van der Waals surface area contributed by atoms with Crippen LogP contribution in [-0.4, -0.2) is 25.8 Å². The summed E-state index contributed by atoms with van der Waals surface area (Å²) < 4.78 is 0. The highest BCUT2D eigenvalue weighted by Gasteiger charge is 2.19. The number of hydrogen-bond donors (Lipinski definition) is 0. The van der Waals surface area contributed by atoms with Crippen molar-refractivity contribution >= 4 is 17.2 Å². The van der Waals surface area contributed by atoms with Crippen molar-refractivity contribution < 1.29 is 4.79 Å². The molecule has 5 nitrogen and oxygen atoms in total. The number of thiazole rings is 1. The lowest BCUT2D eigenvalue weighted by molar-refractivity contribution is 0.0730. The molecule has 128 valence electrons. The van der Waals surface area contributed by atoms with Gasteiger partial charge in [0.2, 0.25) is 0 Å². The fourth-order valence-electron chi connectivity index (χ4n) is 2.49. The van der Waals surface area contributed by atoms with Gasteiger partial charge in [-0.25, -0.2) is 15.0 Å². The van der Waals surface area contributed by atoms with Gasteiger partial charge in [-0.2, -0.15) is 0 Å². The van der Waals surface area contributed by atoms with Gasteiger partial charge in [0.15, 0.2) is 0 Å². The van der Waals surface area contributed by atoms with E-state index in [-0.39, 0.29) is 5.91 Å². The molecule has 0 aliphatic rings. The van der Waals surface area contributed by atoms with Crippen LogP contribution in [0.5, 0.6) is 0 Å². The molecule has 1 aromatic carbocycles. The monoisotopic (exact) mass is 352 g/mol. The summed E-state index contributed by atoms with van der Waals surface area (Å²) in [5, 5.41) is 0. The summed E-state index contributed by atoms with van der Waals surface area (Å²) in [6.07, 6.45) is 3.99. The summed E-state index contributed by atoms with van der Waals surface area (Å²) in [6, 6.07) is 9.98. The fraction of sp³-hybridized carbons (Fsp3) is 0.263. The van der Waals surface area contributed by atoms with Crippen molar-refractivity contribution in [2.24, 2.45) is 0 Å². The Kier molecular flexibility index (Phi) is 5.50. The van der Waals surface area contributed by atoms with E-state index in [4.69, 9.17) is 0 Å². The lowest BCUT2D eigenvalue weighted by Gasteiger charge is -2.22. The molecule has 0 atom stereocenters. The van der Waals surface area contributed by atoms with Crippen LogP contribution in [0.15, 0.2) is 48.2 Å². The van der Waals surface area contributed by atoms with E-state index in [0.29, 0.717) is 18.7 Å². The van der Waals surface area contributed by atoms with Crippen molar-refractivity contribution in [3.05, 3.63) is 75.8 Å². The maximum absolute atomic E-state index is 13.0. The van der Waals surface area contributed by atoms with Gasteiger partial charge in [-0.3, -0.25) is 4.79 Å². The van der Waals surface area contributed by atoms with Crippen LogP contribution in [0.4, 0.5) is 0 Å². The van der Waals surface area contributed by atoms with Gasteiger partial charge < -0.3 is 4.90 Å². The van der Waals surface area contributed by atoms with E-state index < -0.39 is 0 Å². The lowest BCUT2D eigenvalue weighted by Crippen LogP contribution is -2.30. The fourth-order valence-corrected chi connectivity index (χ4v) is 3.28. The van der Waals surface area contributed by atoms with Crippen LogP contribution >= 0.6 is 11.3 Å². The van der Waals surface area contributed by atoms with Gasteiger partial charge in [-0.1, -0.05) is 37.3 Å². The molecule has 2 aromatic heterocycles. The molecule has 0 N–H and O–H groups in total. The number of hydrogen-bond acceptors (Lipinski definition) is 5. The first-order chi connectivity index (χ1) is 12.2. The molecule has 1 amide bonds. The molecule has 6 heteroatoms. The molecule has 0 spiro atoms. The standard InChI is InChI=1S/C19H20N4OS/c1-3-18-20-9-16(10-21-18)19(24)23(11-15-7-5-4-6-8-15)12-17-14(2)22-13-25-17/h4-10,13H,3,11-12H2,1-2H3. The van der Waals surface area contributed by atoms with Crippen molar-refractivity contribution in [1.82, 2.24) is 19.9 Å². The minimum absolute atomic E-state index is 0.0701. The predicted molar refractivity (Wildman–Crippen MR) is 98.3 cm³/mol. The molecule has 0 unspecified atom stereocenters. The quantitative estimate of drug-likeness (QED) is 0.679. The number of amides is 1. The van der Waals surface area contributed by atoms with Gasteiger partial charge >= 0.3 is 0 Å². The largest absolute Gasteiger partial charge is 0.329 e. The molecule has 0 aliphatic heterocycles. The minimum atomic E-state index is -0.0701. The summed E-state index contributed by atoms with van der Waals surface area (Å²) in [4.78, 5) is 28.7. The molecule has 0 fully saturated rings. The first kappa shape index (κ1) is 17.2. The first-order valence-electron chi connectivity index (χ1n) is 8.20. The van der Waals surface area contributed by atoms with Crippen LogP contribution in [0, 0.1) is 6.92 Å². The smallest absolute Gasteiger partial charge is 0.257 e. The molecule has 0 saturated heterocycles. The number of rotatable bonds is 6. The molecular weight excluding hydrogens is 332 g/mol. The summed E-state index contributed by atoms with van der Waals surface area (Å²) >= 11 is 1.57. The predicted octanol–water partition coefficient (Wildman–Crippen LogP) is 3.65. The molecule has 0 aliphatic carbocycles. The molecular formula is C19H20N4OS. The molecule has 0 bridgehead atoms.